The first-order valence-corrected chi connectivity index (χ1v) is 9.19. The third kappa shape index (κ3) is 4.40. The Kier molecular flexibility index (Phi) is 6.45. The Morgan fingerprint density at radius 3 is 2.68 bits per heavy atom. The number of anilines is 1. The van der Waals surface area contributed by atoms with Crippen LogP contribution in [0.2, 0.25) is 0 Å². The Hall–Kier alpha value is -3.12. The molecule has 2 aromatic carbocycles. The number of amides is 2. The van der Waals surface area contributed by atoms with E-state index in [1.165, 1.54) is 0 Å². The zero-order chi connectivity index (χ0) is 19.9. The maximum atomic E-state index is 12.9. The fraction of sp³-hybridized carbons (Fsp3) is 0.273. The average Bonchev–Trinajstić information content (AvgIpc) is 2.74. The molecule has 2 amide bonds. The minimum absolute atomic E-state index is 0.110. The quantitative estimate of drug-likeness (QED) is 0.782. The number of para-hydroxylation sites is 1. The molecular weight excluding hydrogens is 356 g/mol. The van der Waals surface area contributed by atoms with Gasteiger partial charge < -0.3 is 19.7 Å². The van der Waals surface area contributed by atoms with Crippen molar-refractivity contribution < 1.29 is 19.1 Å². The van der Waals surface area contributed by atoms with Crippen LogP contribution in [0.1, 0.15) is 26.3 Å². The molecule has 1 N–H and O–H groups in total. The molecule has 1 heterocycles. The van der Waals surface area contributed by atoms with Crippen molar-refractivity contribution in [2.24, 2.45) is 0 Å². The molecule has 1 aliphatic heterocycles. The summed E-state index contributed by atoms with van der Waals surface area (Å²) >= 11 is 0. The molecule has 0 spiro atoms. The van der Waals surface area contributed by atoms with E-state index in [1.54, 1.807) is 60.6 Å². The number of hydrogen-bond acceptors (Lipinski definition) is 4. The number of carbonyl (C=O) groups excluding carboxylic acids is 2. The average molecular weight is 380 g/mol. The van der Waals surface area contributed by atoms with E-state index in [0.29, 0.717) is 55.3 Å². The van der Waals surface area contributed by atoms with Gasteiger partial charge in [0.1, 0.15) is 5.75 Å². The second kappa shape index (κ2) is 9.19. The monoisotopic (exact) mass is 380 g/mol. The van der Waals surface area contributed by atoms with Gasteiger partial charge in [0.2, 0.25) is 0 Å². The van der Waals surface area contributed by atoms with Crippen LogP contribution in [0.4, 0.5) is 5.69 Å². The van der Waals surface area contributed by atoms with Gasteiger partial charge in [-0.2, -0.15) is 0 Å². The Morgan fingerprint density at radius 2 is 1.96 bits per heavy atom. The maximum absolute atomic E-state index is 12.9. The van der Waals surface area contributed by atoms with Crippen molar-refractivity contribution in [3.8, 4) is 5.75 Å². The number of benzene rings is 2. The van der Waals surface area contributed by atoms with Crippen molar-refractivity contribution in [3.05, 3.63) is 71.8 Å². The first-order chi connectivity index (χ1) is 13.6. The fourth-order valence-corrected chi connectivity index (χ4v) is 3.14. The summed E-state index contributed by atoms with van der Waals surface area (Å²) in [5.74, 6) is 0.316. The van der Waals surface area contributed by atoms with E-state index in [0.717, 1.165) is 5.56 Å². The van der Waals surface area contributed by atoms with Crippen LogP contribution in [0.5, 0.6) is 5.75 Å². The van der Waals surface area contributed by atoms with E-state index < -0.39 is 0 Å². The van der Waals surface area contributed by atoms with E-state index >= 15 is 0 Å². The molecule has 0 saturated carbocycles. The number of nitrogens with one attached hydrogen (secondary N) is 1. The Labute approximate surface area is 164 Å². The molecule has 28 heavy (non-hydrogen) atoms. The lowest BCUT2D eigenvalue weighted by Crippen LogP contribution is -2.41. The standard InChI is InChI=1S/C22H24N2O4/c1-3-6-16-15-17(9-10-20(16)27-2)21(25)23-19-8-5-4-7-18(19)22(26)24-11-13-28-14-12-24/h3-5,7-10,15H,1,6,11-14H2,2H3,(H,23,25). The van der Waals surface area contributed by atoms with Crippen LogP contribution >= 0.6 is 0 Å². The largest absolute Gasteiger partial charge is 0.496 e. The highest BCUT2D eigenvalue weighted by molar-refractivity contribution is 6.09. The molecule has 0 aliphatic carbocycles. The molecule has 0 atom stereocenters. The summed E-state index contributed by atoms with van der Waals surface area (Å²) in [6, 6.07) is 12.3. The predicted molar refractivity (Wildman–Crippen MR) is 108 cm³/mol. The van der Waals surface area contributed by atoms with Gasteiger partial charge in [0.05, 0.1) is 31.6 Å². The summed E-state index contributed by atoms with van der Waals surface area (Å²) in [6.45, 7) is 5.89. The highest BCUT2D eigenvalue weighted by Gasteiger charge is 2.22. The molecule has 0 unspecified atom stereocenters. The molecule has 0 bridgehead atoms. The predicted octanol–water partition coefficient (Wildman–Crippen LogP) is 3.15. The molecule has 0 aromatic heterocycles. The van der Waals surface area contributed by atoms with Crippen molar-refractivity contribution in [1.82, 2.24) is 4.90 Å². The number of carbonyl (C=O) groups is 2. The third-order valence-electron chi connectivity index (χ3n) is 4.61. The maximum Gasteiger partial charge on any atom is 0.256 e. The lowest BCUT2D eigenvalue weighted by atomic mass is 10.1. The van der Waals surface area contributed by atoms with Crippen LogP contribution in [-0.4, -0.2) is 50.1 Å². The van der Waals surface area contributed by atoms with Crippen LogP contribution in [0, 0.1) is 0 Å². The van der Waals surface area contributed by atoms with Crippen molar-refractivity contribution in [1.29, 1.82) is 0 Å². The Morgan fingerprint density at radius 1 is 1.21 bits per heavy atom. The third-order valence-corrected chi connectivity index (χ3v) is 4.61. The molecular formula is C22H24N2O4. The van der Waals surface area contributed by atoms with Crippen molar-refractivity contribution in [2.75, 3.05) is 38.7 Å². The van der Waals surface area contributed by atoms with Crippen LogP contribution in [0.3, 0.4) is 0 Å². The number of nitrogens with zero attached hydrogens (tertiary/aromatic N) is 1. The molecule has 146 valence electrons. The molecule has 0 radical (unpaired) electrons. The SMILES string of the molecule is C=CCc1cc(C(=O)Nc2ccccc2C(=O)N2CCOCC2)ccc1OC. The highest BCUT2D eigenvalue weighted by atomic mass is 16.5. The summed E-state index contributed by atoms with van der Waals surface area (Å²) in [7, 11) is 1.59. The van der Waals surface area contributed by atoms with Gasteiger partial charge in [-0.1, -0.05) is 18.2 Å². The minimum Gasteiger partial charge on any atom is -0.496 e. The van der Waals surface area contributed by atoms with Crippen LogP contribution in [-0.2, 0) is 11.2 Å². The number of ether oxygens (including phenoxy) is 2. The van der Waals surface area contributed by atoms with Crippen molar-refractivity contribution in [2.45, 2.75) is 6.42 Å². The van der Waals surface area contributed by atoms with E-state index in [9.17, 15) is 9.59 Å². The first kappa shape index (κ1) is 19.6. The van der Waals surface area contributed by atoms with E-state index in [4.69, 9.17) is 9.47 Å². The molecule has 1 fully saturated rings. The molecule has 6 heteroatoms. The Bertz CT molecular complexity index is 873. The highest BCUT2D eigenvalue weighted by Crippen LogP contribution is 2.23. The number of hydrogen-bond donors (Lipinski definition) is 1. The lowest BCUT2D eigenvalue weighted by Gasteiger charge is -2.27. The summed E-state index contributed by atoms with van der Waals surface area (Å²) in [5, 5.41) is 2.87. The fourth-order valence-electron chi connectivity index (χ4n) is 3.14. The molecule has 1 saturated heterocycles. The second-order valence-electron chi connectivity index (χ2n) is 6.42. The number of allylic oxidation sites excluding steroid dienone is 1. The topological polar surface area (TPSA) is 67.9 Å². The first-order valence-electron chi connectivity index (χ1n) is 9.19. The normalized spacial score (nSPS) is 13.7. The lowest BCUT2D eigenvalue weighted by molar-refractivity contribution is 0.0303. The second-order valence-corrected chi connectivity index (χ2v) is 6.42. The zero-order valence-electron chi connectivity index (χ0n) is 15.9. The minimum atomic E-state index is -0.282. The summed E-state index contributed by atoms with van der Waals surface area (Å²) in [5.41, 5.74) is 2.33. The summed E-state index contributed by atoms with van der Waals surface area (Å²) in [4.78, 5) is 27.4. The smallest absolute Gasteiger partial charge is 0.256 e. The molecule has 6 nitrogen and oxygen atoms in total. The van der Waals surface area contributed by atoms with Crippen LogP contribution < -0.4 is 10.1 Å². The van der Waals surface area contributed by atoms with Gasteiger partial charge in [-0.3, -0.25) is 9.59 Å². The zero-order valence-corrected chi connectivity index (χ0v) is 15.9. The molecule has 3 rings (SSSR count). The van der Waals surface area contributed by atoms with Gasteiger partial charge in [-0.25, -0.2) is 0 Å². The van der Waals surface area contributed by atoms with Crippen molar-refractivity contribution in [3.63, 3.8) is 0 Å². The van der Waals surface area contributed by atoms with Crippen LogP contribution in [0.15, 0.2) is 55.1 Å². The summed E-state index contributed by atoms with van der Waals surface area (Å²) < 4.78 is 10.6. The van der Waals surface area contributed by atoms with Gasteiger partial charge in [-0.05, 0) is 42.3 Å². The number of rotatable bonds is 6. The number of methoxy groups -OCH3 is 1. The Balaban J connectivity index is 1.82. The van der Waals surface area contributed by atoms with Gasteiger partial charge in [0.25, 0.3) is 11.8 Å². The van der Waals surface area contributed by atoms with Gasteiger partial charge >= 0.3 is 0 Å². The van der Waals surface area contributed by atoms with Gasteiger partial charge in [0, 0.05) is 18.7 Å². The number of morpholine rings is 1. The van der Waals surface area contributed by atoms with Crippen molar-refractivity contribution >= 4 is 17.5 Å². The van der Waals surface area contributed by atoms with E-state index in [1.807, 2.05) is 0 Å². The molecule has 2 aromatic rings. The summed E-state index contributed by atoms with van der Waals surface area (Å²) in [6.07, 6.45) is 2.35. The van der Waals surface area contributed by atoms with Crippen LogP contribution in [0.25, 0.3) is 0 Å². The molecule has 1 aliphatic rings. The van der Waals surface area contributed by atoms with E-state index in [2.05, 4.69) is 11.9 Å². The van der Waals surface area contributed by atoms with Gasteiger partial charge in [0.15, 0.2) is 0 Å². The van der Waals surface area contributed by atoms with E-state index in [-0.39, 0.29) is 11.8 Å². The van der Waals surface area contributed by atoms with Gasteiger partial charge in [-0.15, -0.1) is 6.58 Å².